The average Bonchev–Trinajstić information content (AvgIpc) is 2.62. The number of carboxylic acid groups (broad SMARTS) is 4. The van der Waals surface area contributed by atoms with Crippen LogP contribution in [0.15, 0.2) is 56.3 Å². The highest BCUT2D eigenvalue weighted by molar-refractivity contribution is 6.15. The van der Waals surface area contributed by atoms with Crippen molar-refractivity contribution in [3.8, 4) is 0 Å². The van der Waals surface area contributed by atoms with Gasteiger partial charge in [0.15, 0.2) is 0 Å². The largest absolute Gasteiger partial charge is 0.478 e. The van der Waals surface area contributed by atoms with Crippen LogP contribution in [0.25, 0.3) is 0 Å². The van der Waals surface area contributed by atoms with Crippen LogP contribution in [0.1, 0.15) is 34.6 Å². The highest BCUT2D eigenvalue weighted by Gasteiger charge is 2.12. The summed E-state index contributed by atoms with van der Waals surface area (Å²) in [5.41, 5.74) is -0.659. The normalized spacial score (nSPS) is 14.1. The molecule has 0 radical (unpaired) electrons. The number of rotatable bonds is 9. The Balaban J connectivity index is 6.77. The lowest BCUT2D eigenvalue weighted by Gasteiger charge is -2.05. The SMILES string of the molecule is CC(C(=O)O)=C(C)C(/C=C(\C)C(=O)O)=N/N=C(/C=C(\C)C(=O)O)/C=C(\C)C(=O)O. The molecule has 0 fully saturated rings. The van der Waals surface area contributed by atoms with E-state index in [1.807, 2.05) is 0 Å². The van der Waals surface area contributed by atoms with E-state index in [1.54, 1.807) is 0 Å². The van der Waals surface area contributed by atoms with Crippen LogP contribution in [0.2, 0.25) is 0 Å². The van der Waals surface area contributed by atoms with Gasteiger partial charge < -0.3 is 20.4 Å². The summed E-state index contributed by atoms with van der Waals surface area (Å²) >= 11 is 0. The molecule has 0 atom stereocenters. The molecular weight excluding hydrogens is 384 g/mol. The van der Waals surface area contributed by atoms with Gasteiger partial charge in [0.1, 0.15) is 0 Å². The lowest BCUT2D eigenvalue weighted by Crippen LogP contribution is -2.09. The molecule has 0 saturated carbocycles. The van der Waals surface area contributed by atoms with Crippen molar-refractivity contribution < 1.29 is 39.6 Å². The van der Waals surface area contributed by atoms with Gasteiger partial charge in [0, 0.05) is 22.3 Å². The van der Waals surface area contributed by atoms with Gasteiger partial charge in [-0.15, -0.1) is 0 Å². The van der Waals surface area contributed by atoms with E-state index >= 15 is 0 Å². The topological polar surface area (TPSA) is 174 Å². The summed E-state index contributed by atoms with van der Waals surface area (Å²) in [6.45, 7) is 6.50. The first-order chi connectivity index (χ1) is 13.3. The first kappa shape index (κ1) is 25.2. The highest BCUT2D eigenvalue weighted by atomic mass is 16.4. The molecule has 0 unspecified atom stereocenters. The lowest BCUT2D eigenvalue weighted by molar-refractivity contribution is -0.133. The first-order valence-corrected chi connectivity index (χ1v) is 8.09. The molecule has 0 bridgehead atoms. The molecule has 0 aromatic carbocycles. The van der Waals surface area contributed by atoms with E-state index in [0.717, 1.165) is 18.2 Å². The van der Waals surface area contributed by atoms with Crippen LogP contribution < -0.4 is 0 Å². The number of allylic oxidation sites excluding steroid dienone is 4. The molecule has 4 N–H and O–H groups in total. The Morgan fingerprint density at radius 3 is 1.28 bits per heavy atom. The number of hydrogen-bond acceptors (Lipinski definition) is 6. The maximum Gasteiger partial charge on any atom is 0.331 e. The molecule has 10 heteroatoms. The van der Waals surface area contributed by atoms with E-state index in [4.69, 9.17) is 20.4 Å². The molecule has 0 aliphatic rings. The highest BCUT2D eigenvalue weighted by Crippen LogP contribution is 2.11. The Kier molecular flexibility index (Phi) is 9.66. The number of hydrogen-bond donors (Lipinski definition) is 4. The molecule has 0 aromatic rings. The molecule has 0 heterocycles. The zero-order valence-corrected chi connectivity index (χ0v) is 16.5. The van der Waals surface area contributed by atoms with Gasteiger partial charge in [0.25, 0.3) is 0 Å². The molecular formula is C19H22N2O8. The molecule has 0 aliphatic carbocycles. The Hall–Kier alpha value is -3.82. The standard InChI is InChI=1S/C19H22N2O8/c1-9(16(22)23)6-14(7-10(2)17(24)25)20-21-15(8-11(3)18(26)27)12(4)13(5)19(28)29/h6-8H,1-5H3,(H,22,23)(H,24,25)(H,26,27)(H,28,29)/b9-6+,10-7+,11-8+,13-12?,21-15+. The molecule has 0 aromatic heterocycles. The minimum atomic E-state index is -1.26. The summed E-state index contributed by atoms with van der Waals surface area (Å²) in [4.78, 5) is 44.4. The third-order valence-electron chi connectivity index (χ3n) is 3.63. The smallest absolute Gasteiger partial charge is 0.331 e. The van der Waals surface area contributed by atoms with Gasteiger partial charge in [-0.3, -0.25) is 0 Å². The minimum absolute atomic E-state index is 0.0925. The summed E-state index contributed by atoms with van der Waals surface area (Å²) in [6, 6.07) is 0. The van der Waals surface area contributed by atoms with Gasteiger partial charge in [0.05, 0.1) is 11.4 Å². The predicted molar refractivity (Wildman–Crippen MR) is 105 cm³/mol. The van der Waals surface area contributed by atoms with Gasteiger partial charge >= 0.3 is 23.9 Å². The molecule has 0 rings (SSSR count). The van der Waals surface area contributed by atoms with Gasteiger partial charge in [-0.2, -0.15) is 10.2 Å². The third kappa shape index (κ3) is 8.61. The fraction of sp³-hybridized carbons (Fsp3) is 0.263. The van der Waals surface area contributed by atoms with E-state index in [9.17, 15) is 19.2 Å². The van der Waals surface area contributed by atoms with E-state index in [0.29, 0.717) is 0 Å². The molecule has 0 aliphatic heterocycles. The fourth-order valence-electron chi connectivity index (χ4n) is 1.61. The van der Waals surface area contributed by atoms with E-state index < -0.39 is 23.9 Å². The van der Waals surface area contributed by atoms with Crippen molar-refractivity contribution in [2.24, 2.45) is 10.2 Å². The van der Waals surface area contributed by atoms with Crippen LogP contribution in [-0.4, -0.2) is 55.7 Å². The molecule has 0 amide bonds. The third-order valence-corrected chi connectivity index (χ3v) is 3.63. The summed E-state index contributed by atoms with van der Waals surface area (Å²) in [5, 5.41) is 43.9. The van der Waals surface area contributed by atoms with Gasteiger partial charge in [-0.1, -0.05) is 0 Å². The van der Waals surface area contributed by atoms with E-state index in [1.165, 1.54) is 34.6 Å². The van der Waals surface area contributed by atoms with Crippen LogP contribution in [0.5, 0.6) is 0 Å². The van der Waals surface area contributed by atoms with E-state index in [-0.39, 0.29) is 39.3 Å². The van der Waals surface area contributed by atoms with Gasteiger partial charge in [0.2, 0.25) is 0 Å². The van der Waals surface area contributed by atoms with Crippen molar-refractivity contribution in [2.75, 3.05) is 0 Å². The van der Waals surface area contributed by atoms with Gasteiger partial charge in [-0.25, -0.2) is 19.2 Å². The second-order valence-corrected chi connectivity index (χ2v) is 5.96. The number of carbonyl (C=O) groups is 4. The Morgan fingerprint density at radius 1 is 0.552 bits per heavy atom. The van der Waals surface area contributed by atoms with Gasteiger partial charge in [-0.05, 0) is 58.4 Å². The van der Waals surface area contributed by atoms with Crippen molar-refractivity contribution in [2.45, 2.75) is 34.6 Å². The van der Waals surface area contributed by atoms with E-state index in [2.05, 4.69) is 10.2 Å². The van der Waals surface area contributed by atoms with Crippen molar-refractivity contribution >= 4 is 35.3 Å². The molecule has 29 heavy (non-hydrogen) atoms. The second-order valence-electron chi connectivity index (χ2n) is 5.96. The summed E-state index contributed by atoms with van der Waals surface area (Å²) in [7, 11) is 0. The quantitative estimate of drug-likeness (QED) is 0.256. The first-order valence-electron chi connectivity index (χ1n) is 8.09. The fourth-order valence-corrected chi connectivity index (χ4v) is 1.61. The van der Waals surface area contributed by atoms with Crippen LogP contribution >= 0.6 is 0 Å². The number of carboxylic acids is 4. The Morgan fingerprint density at radius 2 is 0.931 bits per heavy atom. The summed E-state index contributed by atoms with van der Waals surface area (Å²) in [5.74, 6) is -5.03. The monoisotopic (exact) mass is 406 g/mol. The minimum Gasteiger partial charge on any atom is -0.478 e. The number of nitrogens with zero attached hydrogens (tertiary/aromatic N) is 2. The van der Waals surface area contributed by atoms with Crippen molar-refractivity contribution in [3.05, 3.63) is 46.1 Å². The zero-order valence-electron chi connectivity index (χ0n) is 16.5. The Bertz CT molecular complexity index is 882. The molecule has 0 saturated heterocycles. The van der Waals surface area contributed by atoms with Crippen LogP contribution in [0.4, 0.5) is 0 Å². The molecule has 156 valence electrons. The van der Waals surface area contributed by atoms with Crippen molar-refractivity contribution in [1.82, 2.24) is 0 Å². The maximum absolute atomic E-state index is 11.2. The molecule has 10 nitrogen and oxygen atoms in total. The van der Waals surface area contributed by atoms with Crippen molar-refractivity contribution in [3.63, 3.8) is 0 Å². The zero-order chi connectivity index (χ0) is 22.9. The lowest BCUT2D eigenvalue weighted by atomic mass is 10.0. The number of aliphatic carboxylic acids is 4. The van der Waals surface area contributed by atoms with Crippen molar-refractivity contribution in [1.29, 1.82) is 0 Å². The summed E-state index contributed by atoms with van der Waals surface area (Å²) in [6.07, 6.45) is 3.26. The van der Waals surface area contributed by atoms with Crippen LogP contribution in [0, 0.1) is 0 Å². The molecule has 0 spiro atoms. The average molecular weight is 406 g/mol. The second kappa shape index (κ2) is 11.1. The maximum atomic E-state index is 11.2. The van der Waals surface area contributed by atoms with Crippen LogP contribution in [-0.2, 0) is 19.2 Å². The Labute approximate surface area is 166 Å². The van der Waals surface area contributed by atoms with Crippen LogP contribution in [0.3, 0.4) is 0 Å². The predicted octanol–water partition coefficient (Wildman–Crippen LogP) is 2.30. The summed E-state index contributed by atoms with van der Waals surface area (Å²) < 4.78 is 0.